The predicted octanol–water partition coefficient (Wildman–Crippen LogP) is 4.36. The Labute approximate surface area is 229 Å². The van der Waals surface area contributed by atoms with Gasteiger partial charge in [-0.3, -0.25) is 14.6 Å². The Hall–Kier alpha value is -3.43. The number of methoxy groups -OCH3 is 1. The van der Waals surface area contributed by atoms with Crippen LogP contribution in [-0.2, 0) is 20.8 Å². The van der Waals surface area contributed by atoms with E-state index in [-0.39, 0.29) is 17.1 Å². The number of rotatable bonds is 5. The van der Waals surface area contributed by atoms with Crippen LogP contribution in [0.4, 0.5) is 0 Å². The van der Waals surface area contributed by atoms with E-state index >= 15 is 0 Å². The number of amides is 1. The monoisotopic (exact) mass is 580 g/mol. The van der Waals surface area contributed by atoms with Crippen molar-refractivity contribution in [1.29, 1.82) is 0 Å². The van der Waals surface area contributed by atoms with Gasteiger partial charge >= 0.3 is 5.97 Å². The minimum Gasteiger partial charge on any atom is -0.495 e. The number of ether oxygens (including phenoxy) is 2. The highest BCUT2D eigenvalue weighted by Crippen LogP contribution is 2.71. The summed E-state index contributed by atoms with van der Waals surface area (Å²) in [6, 6.07) is 16.2. The third kappa shape index (κ3) is 3.71. The molecule has 0 radical (unpaired) electrons. The quantitative estimate of drug-likeness (QED) is 0.410. The number of fused-ring (bicyclic) bond motifs is 3. The topological polar surface area (TPSA) is 118 Å². The maximum atomic E-state index is 14.1. The summed E-state index contributed by atoms with van der Waals surface area (Å²) in [6.07, 6.45) is 2.90. The van der Waals surface area contributed by atoms with Crippen LogP contribution in [0.1, 0.15) is 43.4 Å². The first-order valence-corrected chi connectivity index (χ1v) is 13.0. The van der Waals surface area contributed by atoms with Crippen molar-refractivity contribution >= 4 is 27.8 Å². The Kier molecular flexibility index (Phi) is 6.27. The van der Waals surface area contributed by atoms with Crippen LogP contribution in [0.3, 0.4) is 0 Å². The highest BCUT2D eigenvalue weighted by atomic mass is 79.9. The second-order valence-electron chi connectivity index (χ2n) is 10.8. The number of aromatic nitrogens is 1. The molecule has 2 aromatic carbocycles. The molecule has 38 heavy (non-hydrogen) atoms. The molecule has 1 fully saturated rings. The Bertz CT molecular complexity index is 1390. The van der Waals surface area contributed by atoms with Gasteiger partial charge in [0, 0.05) is 15.9 Å². The standard InChI is InChI=1S/C29H29BrN2O6/c1-27(2,3)32-25(33)24-21(26(34)35)22(16-8-6-5-7-9-16)29(17-10-12-18(30)13-11-17)28(24,36)23-19(37-4)14-31-15-20(23)38-29/h5-15,21-22,24,36H,1-4H3,(H,32,33)(H,34,35)/t21-,22-,24-,28+,29+/m1/s1. The van der Waals surface area contributed by atoms with Crippen LogP contribution in [0, 0.1) is 11.8 Å². The number of nitrogens with zero attached hydrogens (tertiary/aromatic N) is 1. The van der Waals surface area contributed by atoms with E-state index in [9.17, 15) is 19.8 Å². The third-order valence-corrected chi connectivity index (χ3v) is 7.95. The van der Waals surface area contributed by atoms with Gasteiger partial charge in [-0.15, -0.1) is 0 Å². The number of aliphatic hydroxyl groups is 1. The molecule has 9 heteroatoms. The molecule has 0 unspecified atom stereocenters. The highest BCUT2D eigenvalue weighted by Gasteiger charge is 2.79. The van der Waals surface area contributed by atoms with Crippen molar-refractivity contribution in [3.8, 4) is 11.5 Å². The lowest BCUT2D eigenvalue weighted by molar-refractivity contribution is -0.158. The molecule has 1 aliphatic carbocycles. The molecule has 3 aromatic rings. The summed E-state index contributed by atoms with van der Waals surface area (Å²) in [5.74, 6) is -5.12. The van der Waals surface area contributed by atoms with Gasteiger partial charge in [0.05, 0.1) is 36.9 Å². The maximum absolute atomic E-state index is 14.1. The summed E-state index contributed by atoms with van der Waals surface area (Å²) >= 11 is 3.46. The first-order chi connectivity index (χ1) is 18.0. The molecule has 5 rings (SSSR count). The second kappa shape index (κ2) is 9.10. The smallest absolute Gasteiger partial charge is 0.308 e. The van der Waals surface area contributed by atoms with E-state index < -0.39 is 46.4 Å². The van der Waals surface area contributed by atoms with Crippen molar-refractivity contribution in [2.24, 2.45) is 11.8 Å². The van der Waals surface area contributed by atoms with Gasteiger partial charge in [-0.25, -0.2) is 0 Å². The Morgan fingerprint density at radius 2 is 1.74 bits per heavy atom. The lowest BCUT2D eigenvalue weighted by Crippen LogP contribution is -2.55. The number of aliphatic carboxylic acids is 1. The summed E-state index contributed by atoms with van der Waals surface area (Å²) in [7, 11) is 1.43. The highest BCUT2D eigenvalue weighted by molar-refractivity contribution is 9.10. The number of hydrogen-bond acceptors (Lipinski definition) is 6. The molecule has 0 bridgehead atoms. The Balaban J connectivity index is 1.92. The predicted molar refractivity (Wildman–Crippen MR) is 143 cm³/mol. The fourth-order valence-corrected chi connectivity index (χ4v) is 6.47. The molecule has 1 saturated carbocycles. The average Bonchev–Trinajstić information content (AvgIpc) is 3.26. The van der Waals surface area contributed by atoms with Crippen molar-refractivity contribution in [2.45, 2.75) is 43.4 Å². The van der Waals surface area contributed by atoms with Crippen LogP contribution in [0.5, 0.6) is 11.5 Å². The molecule has 1 amide bonds. The number of benzene rings is 2. The van der Waals surface area contributed by atoms with Crippen LogP contribution >= 0.6 is 15.9 Å². The van der Waals surface area contributed by atoms with Gasteiger partial charge in [-0.2, -0.15) is 0 Å². The van der Waals surface area contributed by atoms with Gasteiger partial charge in [0.1, 0.15) is 11.5 Å². The molecule has 198 valence electrons. The maximum Gasteiger partial charge on any atom is 0.308 e. The van der Waals surface area contributed by atoms with E-state index in [1.54, 1.807) is 69.3 Å². The largest absolute Gasteiger partial charge is 0.495 e. The van der Waals surface area contributed by atoms with Crippen molar-refractivity contribution in [3.63, 3.8) is 0 Å². The van der Waals surface area contributed by atoms with Crippen LogP contribution < -0.4 is 14.8 Å². The van der Waals surface area contributed by atoms with Gasteiger partial charge in [0.2, 0.25) is 5.91 Å². The molecular weight excluding hydrogens is 552 g/mol. The number of carbonyl (C=O) groups excluding carboxylic acids is 1. The van der Waals surface area contributed by atoms with Gasteiger partial charge in [0.25, 0.3) is 0 Å². The van der Waals surface area contributed by atoms with Crippen molar-refractivity contribution in [1.82, 2.24) is 10.3 Å². The number of carboxylic acids is 1. The summed E-state index contributed by atoms with van der Waals surface area (Å²) in [6.45, 7) is 5.42. The Morgan fingerprint density at radius 3 is 2.32 bits per heavy atom. The molecular formula is C29H29BrN2O6. The lowest BCUT2D eigenvalue weighted by Gasteiger charge is -2.41. The molecule has 8 nitrogen and oxygen atoms in total. The SMILES string of the molecule is COc1cncc2c1[C@]1(O)[C@@H](C(=O)NC(C)(C)C)[C@H](C(=O)O)[C@@H](c3ccccc3)[C@]1(c1ccc(Br)cc1)O2. The summed E-state index contributed by atoms with van der Waals surface area (Å²) in [5, 5.41) is 26.7. The number of halogens is 1. The van der Waals surface area contributed by atoms with Crippen molar-refractivity contribution < 1.29 is 29.3 Å². The van der Waals surface area contributed by atoms with E-state index in [4.69, 9.17) is 9.47 Å². The zero-order valence-electron chi connectivity index (χ0n) is 21.4. The molecule has 2 heterocycles. The molecule has 5 atom stereocenters. The number of nitrogens with one attached hydrogen (secondary N) is 1. The molecule has 1 aromatic heterocycles. The van der Waals surface area contributed by atoms with E-state index in [1.165, 1.54) is 19.5 Å². The second-order valence-corrected chi connectivity index (χ2v) is 11.7. The van der Waals surface area contributed by atoms with Crippen molar-refractivity contribution in [2.75, 3.05) is 7.11 Å². The number of carbonyl (C=O) groups is 2. The normalized spacial score (nSPS) is 27.7. The summed E-state index contributed by atoms with van der Waals surface area (Å²) < 4.78 is 13.1. The van der Waals surface area contributed by atoms with Crippen molar-refractivity contribution in [3.05, 3.63) is 88.2 Å². The molecule has 0 saturated heterocycles. The molecule has 0 spiro atoms. The minimum absolute atomic E-state index is 0.204. The first kappa shape index (κ1) is 26.2. The fourth-order valence-electron chi connectivity index (χ4n) is 6.20. The fraction of sp³-hybridized carbons (Fsp3) is 0.345. The molecule has 3 N–H and O–H groups in total. The van der Waals surface area contributed by atoms with Gasteiger partial charge in [-0.1, -0.05) is 58.4 Å². The van der Waals surface area contributed by atoms with E-state index in [1.807, 2.05) is 6.07 Å². The number of pyridine rings is 1. The Morgan fingerprint density at radius 1 is 1.08 bits per heavy atom. The summed E-state index contributed by atoms with van der Waals surface area (Å²) in [4.78, 5) is 31.4. The zero-order valence-corrected chi connectivity index (χ0v) is 23.0. The van der Waals surface area contributed by atoms with Crippen LogP contribution in [-0.4, -0.2) is 39.7 Å². The van der Waals surface area contributed by atoms with E-state index in [0.29, 0.717) is 11.1 Å². The summed E-state index contributed by atoms with van der Waals surface area (Å²) in [5.41, 5.74) is -3.18. The van der Waals surface area contributed by atoms with E-state index in [0.717, 1.165) is 4.47 Å². The zero-order chi connectivity index (χ0) is 27.5. The van der Waals surface area contributed by atoms with Gasteiger partial charge < -0.3 is 25.0 Å². The lowest BCUT2D eigenvalue weighted by atomic mass is 9.69. The number of hydrogen-bond donors (Lipinski definition) is 3. The molecule has 1 aliphatic heterocycles. The average molecular weight is 581 g/mol. The number of carboxylic acid groups (broad SMARTS) is 1. The van der Waals surface area contributed by atoms with Crippen LogP contribution in [0.2, 0.25) is 0 Å². The van der Waals surface area contributed by atoms with Gasteiger partial charge in [0.15, 0.2) is 11.2 Å². The van der Waals surface area contributed by atoms with Crippen LogP contribution in [0.25, 0.3) is 0 Å². The van der Waals surface area contributed by atoms with E-state index in [2.05, 4.69) is 26.2 Å². The first-order valence-electron chi connectivity index (χ1n) is 12.3. The van der Waals surface area contributed by atoms with Crippen LogP contribution in [0.15, 0.2) is 71.5 Å². The van der Waals surface area contributed by atoms with Gasteiger partial charge in [-0.05, 0) is 44.0 Å². The molecule has 2 aliphatic rings. The minimum atomic E-state index is -2.14. The third-order valence-electron chi connectivity index (χ3n) is 7.42.